The topological polar surface area (TPSA) is 61.0 Å². The van der Waals surface area contributed by atoms with E-state index >= 15 is 0 Å². The number of nitrogens with zero attached hydrogens (tertiary/aromatic N) is 2. The van der Waals surface area contributed by atoms with Crippen molar-refractivity contribution in [3.05, 3.63) is 11.9 Å². The number of ether oxygens (including phenoxy) is 1. The molecule has 2 N–H and O–H groups in total. The number of hydrogen-bond donors (Lipinski definition) is 1. The smallest absolute Gasteiger partial charge is 0.219 e. The fourth-order valence-electron chi connectivity index (χ4n) is 3.30. The molecule has 1 aromatic heterocycles. The van der Waals surface area contributed by atoms with Crippen molar-refractivity contribution < 1.29 is 4.74 Å². The Kier molecular flexibility index (Phi) is 4.21. The zero-order valence-electron chi connectivity index (χ0n) is 13.3. The molecule has 0 aromatic carbocycles. The summed E-state index contributed by atoms with van der Waals surface area (Å²) in [7, 11) is 0. The highest BCUT2D eigenvalue weighted by molar-refractivity contribution is 5.33. The standard InChI is InChI=1S/C16H27N3O/c1-10(2)15-18-13(17)7-14(19-15)20-12-6-11(3)8-16(4,5)9-12/h7,10-12H,6,8-9H2,1-5H3,(H2,17,18,19). The molecule has 2 unspecified atom stereocenters. The maximum absolute atomic E-state index is 6.10. The molecule has 1 heterocycles. The van der Waals surface area contributed by atoms with Crippen molar-refractivity contribution in [1.82, 2.24) is 9.97 Å². The fraction of sp³-hybridized carbons (Fsp3) is 0.750. The third-order valence-corrected chi connectivity index (χ3v) is 3.89. The van der Waals surface area contributed by atoms with Crippen LogP contribution in [-0.2, 0) is 0 Å². The molecule has 0 saturated heterocycles. The van der Waals surface area contributed by atoms with Crippen LogP contribution in [0, 0.1) is 11.3 Å². The van der Waals surface area contributed by atoms with E-state index in [1.807, 2.05) is 0 Å². The second-order valence-corrected chi connectivity index (χ2v) is 7.30. The lowest BCUT2D eigenvalue weighted by atomic mass is 9.71. The lowest BCUT2D eigenvalue weighted by molar-refractivity contribution is 0.0530. The predicted octanol–water partition coefficient (Wildman–Crippen LogP) is 3.78. The van der Waals surface area contributed by atoms with Crippen LogP contribution >= 0.6 is 0 Å². The summed E-state index contributed by atoms with van der Waals surface area (Å²) >= 11 is 0. The van der Waals surface area contributed by atoms with Crippen molar-refractivity contribution in [2.45, 2.75) is 65.9 Å². The SMILES string of the molecule is CC1CC(Oc2cc(N)nc(C(C)C)n2)CC(C)(C)C1. The normalized spacial score (nSPS) is 25.7. The minimum Gasteiger partial charge on any atom is -0.474 e. The third-order valence-electron chi connectivity index (χ3n) is 3.89. The second-order valence-electron chi connectivity index (χ2n) is 7.30. The van der Waals surface area contributed by atoms with E-state index in [-0.39, 0.29) is 12.0 Å². The van der Waals surface area contributed by atoms with Crippen molar-refractivity contribution in [2.75, 3.05) is 5.73 Å². The molecule has 1 aliphatic rings. The number of aromatic nitrogens is 2. The monoisotopic (exact) mass is 277 g/mol. The van der Waals surface area contributed by atoms with Gasteiger partial charge in [-0.2, -0.15) is 4.98 Å². The summed E-state index contributed by atoms with van der Waals surface area (Å²) in [5.74, 6) is 2.80. The molecule has 1 aromatic rings. The Balaban J connectivity index is 2.13. The van der Waals surface area contributed by atoms with E-state index < -0.39 is 0 Å². The van der Waals surface area contributed by atoms with E-state index in [0.717, 1.165) is 18.7 Å². The Morgan fingerprint density at radius 2 is 2.00 bits per heavy atom. The van der Waals surface area contributed by atoms with Gasteiger partial charge in [-0.25, -0.2) is 4.98 Å². The van der Waals surface area contributed by atoms with Gasteiger partial charge in [0.15, 0.2) is 0 Å². The molecule has 4 heteroatoms. The molecule has 112 valence electrons. The van der Waals surface area contributed by atoms with Crippen molar-refractivity contribution in [3.8, 4) is 5.88 Å². The summed E-state index contributed by atoms with van der Waals surface area (Å²) in [6.45, 7) is 11.0. The Morgan fingerprint density at radius 1 is 1.30 bits per heavy atom. The molecular weight excluding hydrogens is 250 g/mol. The number of nitrogens with two attached hydrogens (primary N) is 1. The van der Waals surface area contributed by atoms with Crippen LogP contribution in [0.2, 0.25) is 0 Å². The van der Waals surface area contributed by atoms with Crippen molar-refractivity contribution in [3.63, 3.8) is 0 Å². The molecule has 0 bridgehead atoms. The van der Waals surface area contributed by atoms with Gasteiger partial charge in [-0.1, -0.05) is 34.6 Å². The minimum absolute atomic E-state index is 0.225. The van der Waals surface area contributed by atoms with E-state index in [1.165, 1.54) is 6.42 Å². The maximum Gasteiger partial charge on any atom is 0.219 e. The first kappa shape index (κ1) is 15.1. The van der Waals surface area contributed by atoms with Gasteiger partial charge in [0.2, 0.25) is 5.88 Å². The summed E-state index contributed by atoms with van der Waals surface area (Å²) in [4.78, 5) is 8.74. The second kappa shape index (κ2) is 5.58. The van der Waals surface area contributed by atoms with Gasteiger partial charge in [-0.3, -0.25) is 0 Å². The first-order chi connectivity index (χ1) is 9.25. The van der Waals surface area contributed by atoms with Gasteiger partial charge in [0, 0.05) is 12.0 Å². The molecule has 0 amide bonds. The molecule has 1 saturated carbocycles. The van der Waals surface area contributed by atoms with Crippen LogP contribution < -0.4 is 10.5 Å². The van der Waals surface area contributed by atoms with E-state index in [1.54, 1.807) is 6.07 Å². The summed E-state index contributed by atoms with van der Waals surface area (Å²) in [6.07, 6.45) is 3.64. The van der Waals surface area contributed by atoms with Crippen LogP contribution in [-0.4, -0.2) is 16.1 Å². The molecule has 2 atom stereocenters. The van der Waals surface area contributed by atoms with E-state index in [9.17, 15) is 0 Å². The zero-order valence-corrected chi connectivity index (χ0v) is 13.3. The lowest BCUT2D eigenvalue weighted by Crippen LogP contribution is -2.34. The molecule has 0 aliphatic heterocycles. The molecular formula is C16H27N3O. The number of anilines is 1. The molecule has 1 aliphatic carbocycles. The highest BCUT2D eigenvalue weighted by atomic mass is 16.5. The van der Waals surface area contributed by atoms with Gasteiger partial charge in [0.25, 0.3) is 0 Å². The number of rotatable bonds is 3. The predicted molar refractivity (Wildman–Crippen MR) is 81.7 cm³/mol. The highest BCUT2D eigenvalue weighted by Crippen LogP contribution is 2.39. The average Bonchev–Trinajstić information content (AvgIpc) is 2.24. The van der Waals surface area contributed by atoms with Gasteiger partial charge >= 0.3 is 0 Å². The molecule has 20 heavy (non-hydrogen) atoms. The molecule has 2 rings (SSSR count). The molecule has 0 spiro atoms. The van der Waals surface area contributed by atoms with Crippen LogP contribution in [0.5, 0.6) is 5.88 Å². The zero-order chi connectivity index (χ0) is 14.9. The van der Waals surface area contributed by atoms with Gasteiger partial charge < -0.3 is 10.5 Å². The van der Waals surface area contributed by atoms with Crippen LogP contribution in [0.4, 0.5) is 5.82 Å². The highest BCUT2D eigenvalue weighted by Gasteiger charge is 2.33. The van der Waals surface area contributed by atoms with Gasteiger partial charge in [0.05, 0.1) is 0 Å². The summed E-state index contributed by atoms with van der Waals surface area (Å²) in [6, 6.07) is 1.73. The van der Waals surface area contributed by atoms with Crippen molar-refractivity contribution >= 4 is 5.82 Å². The quantitative estimate of drug-likeness (QED) is 0.913. The Hall–Kier alpha value is -1.32. The molecule has 0 radical (unpaired) electrons. The van der Waals surface area contributed by atoms with Gasteiger partial charge in [-0.15, -0.1) is 0 Å². The first-order valence-electron chi connectivity index (χ1n) is 7.56. The van der Waals surface area contributed by atoms with Crippen LogP contribution in [0.25, 0.3) is 0 Å². The lowest BCUT2D eigenvalue weighted by Gasteiger charge is -2.38. The van der Waals surface area contributed by atoms with E-state index in [0.29, 0.717) is 23.0 Å². The van der Waals surface area contributed by atoms with Gasteiger partial charge in [-0.05, 0) is 30.6 Å². The summed E-state index contributed by atoms with van der Waals surface area (Å²) in [5.41, 5.74) is 6.19. The Morgan fingerprint density at radius 3 is 2.60 bits per heavy atom. The van der Waals surface area contributed by atoms with Crippen LogP contribution in [0.15, 0.2) is 6.07 Å². The summed E-state index contributed by atoms with van der Waals surface area (Å²) < 4.78 is 6.10. The Bertz CT molecular complexity index is 471. The molecule has 4 nitrogen and oxygen atoms in total. The molecule has 1 fully saturated rings. The number of hydrogen-bond acceptors (Lipinski definition) is 4. The number of nitrogen functional groups attached to an aromatic ring is 1. The van der Waals surface area contributed by atoms with Crippen LogP contribution in [0.3, 0.4) is 0 Å². The first-order valence-corrected chi connectivity index (χ1v) is 7.56. The van der Waals surface area contributed by atoms with Crippen molar-refractivity contribution in [2.24, 2.45) is 11.3 Å². The van der Waals surface area contributed by atoms with E-state index in [4.69, 9.17) is 10.5 Å². The summed E-state index contributed by atoms with van der Waals surface area (Å²) in [5, 5.41) is 0. The fourth-order valence-corrected chi connectivity index (χ4v) is 3.30. The maximum atomic E-state index is 6.10. The van der Waals surface area contributed by atoms with Crippen LogP contribution in [0.1, 0.15) is 65.6 Å². The minimum atomic E-state index is 0.225. The van der Waals surface area contributed by atoms with E-state index in [2.05, 4.69) is 44.6 Å². The third kappa shape index (κ3) is 3.84. The van der Waals surface area contributed by atoms with Crippen molar-refractivity contribution in [1.29, 1.82) is 0 Å². The van der Waals surface area contributed by atoms with Gasteiger partial charge in [0.1, 0.15) is 17.7 Å². The Labute approximate surface area is 122 Å². The largest absolute Gasteiger partial charge is 0.474 e. The average molecular weight is 277 g/mol.